The van der Waals surface area contributed by atoms with Gasteiger partial charge in [-0.2, -0.15) is 0 Å². The molecule has 9 heteroatoms. The zero-order valence-corrected chi connectivity index (χ0v) is 18.3. The number of benzene rings is 2. The van der Waals surface area contributed by atoms with Gasteiger partial charge in [-0.1, -0.05) is 30.3 Å². The van der Waals surface area contributed by atoms with Gasteiger partial charge in [-0.15, -0.1) is 0 Å². The fraction of sp³-hybridized carbons (Fsp3) is 0.292. The maximum absolute atomic E-state index is 13.2. The number of hydrogen-bond donors (Lipinski definition) is 3. The molecule has 1 unspecified atom stereocenters. The van der Waals surface area contributed by atoms with E-state index in [0.717, 1.165) is 17.5 Å². The van der Waals surface area contributed by atoms with Gasteiger partial charge in [-0.3, -0.25) is 29.1 Å². The van der Waals surface area contributed by atoms with Gasteiger partial charge in [0.2, 0.25) is 17.7 Å². The zero-order chi connectivity index (χ0) is 23.5. The number of carbonyl (C=O) groups excluding carboxylic acids is 3. The molecule has 2 aromatic carbocycles. The first-order chi connectivity index (χ1) is 15.9. The van der Waals surface area contributed by atoms with Crippen molar-refractivity contribution in [2.45, 2.75) is 38.6 Å². The number of nitrogens with two attached hydrogens (primary N) is 1. The van der Waals surface area contributed by atoms with Gasteiger partial charge in [0, 0.05) is 6.42 Å². The van der Waals surface area contributed by atoms with E-state index < -0.39 is 17.5 Å². The molecule has 3 aromatic rings. The van der Waals surface area contributed by atoms with Gasteiger partial charge >= 0.3 is 0 Å². The maximum atomic E-state index is 13.2. The summed E-state index contributed by atoms with van der Waals surface area (Å²) in [6.07, 6.45) is 1.35. The average Bonchev–Trinajstić information content (AvgIpc) is 2.77. The molecule has 33 heavy (non-hydrogen) atoms. The van der Waals surface area contributed by atoms with Crippen molar-refractivity contribution in [3.8, 4) is 0 Å². The summed E-state index contributed by atoms with van der Waals surface area (Å²) in [5.41, 5.74) is 7.93. The molecule has 1 aliphatic rings. The molecule has 1 aliphatic heterocycles. The summed E-state index contributed by atoms with van der Waals surface area (Å²) in [5, 5.41) is 5.41. The van der Waals surface area contributed by atoms with E-state index in [1.807, 2.05) is 24.3 Å². The fourth-order valence-electron chi connectivity index (χ4n) is 4.10. The SMILES string of the molecule is Cc1nc2c(NC(=O)Cc3ccc(CCN)cc3)cccc2c(=O)n1C1CCC(=O)NC1=O. The number of nitrogens with zero attached hydrogens (tertiary/aromatic N) is 2. The Morgan fingerprint density at radius 3 is 2.58 bits per heavy atom. The van der Waals surface area contributed by atoms with Crippen molar-refractivity contribution >= 4 is 34.3 Å². The molecule has 0 bridgehead atoms. The fourth-order valence-corrected chi connectivity index (χ4v) is 4.10. The third-order valence-electron chi connectivity index (χ3n) is 5.72. The van der Waals surface area contributed by atoms with Crippen LogP contribution >= 0.6 is 0 Å². The summed E-state index contributed by atoms with van der Waals surface area (Å²) >= 11 is 0. The van der Waals surface area contributed by atoms with E-state index in [4.69, 9.17) is 5.73 Å². The number of carbonyl (C=O) groups is 3. The maximum Gasteiger partial charge on any atom is 0.262 e. The highest BCUT2D eigenvalue weighted by Crippen LogP contribution is 2.23. The molecule has 3 amide bonds. The normalized spacial score (nSPS) is 16.0. The van der Waals surface area contributed by atoms with Crippen LogP contribution < -0.4 is 21.9 Å². The quantitative estimate of drug-likeness (QED) is 0.488. The second-order valence-corrected chi connectivity index (χ2v) is 8.08. The van der Waals surface area contributed by atoms with Crippen molar-refractivity contribution in [2.24, 2.45) is 5.73 Å². The van der Waals surface area contributed by atoms with E-state index in [2.05, 4.69) is 15.6 Å². The van der Waals surface area contributed by atoms with Crippen molar-refractivity contribution in [3.63, 3.8) is 0 Å². The van der Waals surface area contributed by atoms with Gasteiger partial charge in [0.05, 0.1) is 17.5 Å². The van der Waals surface area contributed by atoms with Gasteiger partial charge < -0.3 is 11.1 Å². The lowest BCUT2D eigenvalue weighted by Gasteiger charge is -2.24. The second kappa shape index (κ2) is 9.33. The van der Waals surface area contributed by atoms with Crippen LogP contribution in [0.25, 0.3) is 10.9 Å². The molecule has 1 aromatic heterocycles. The molecule has 0 aliphatic carbocycles. The topological polar surface area (TPSA) is 136 Å². The van der Waals surface area contributed by atoms with Crippen LogP contribution in [0.15, 0.2) is 47.3 Å². The Bertz CT molecular complexity index is 1300. The lowest BCUT2D eigenvalue weighted by atomic mass is 10.1. The third-order valence-corrected chi connectivity index (χ3v) is 5.72. The van der Waals surface area contributed by atoms with Crippen LogP contribution in [-0.4, -0.2) is 33.8 Å². The summed E-state index contributed by atoms with van der Waals surface area (Å²) in [6, 6.07) is 11.9. The predicted molar refractivity (Wildman–Crippen MR) is 124 cm³/mol. The molecule has 0 saturated carbocycles. The second-order valence-electron chi connectivity index (χ2n) is 8.08. The van der Waals surface area contributed by atoms with Gasteiger partial charge in [-0.05, 0) is 49.6 Å². The Morgan fingerprint density at radius 2 is 1.88 bits per heavy atom. The summed E-state index contributed by atoms with van der Waals surface area (Å²) in [5.74, 6) is -0.767. The number of aromatic nitrogens is 2. The summed E-state index contributed by atoms with van der Waals surface area (Å²) in [4.78, 5) is 54.2. The number of rotatable bonds is 6. The number of fused-ring (bicyclic) bond motifs is 1. The molecule has 0 spiro atoms. The molecule has 0 radical (unpaired) electrons. The zero-order valence-electron chi connectivity index (χ0n) is 18.3. The number of anilines is 1. The van der Waals surface area contributed by atoms with Crippen LogP contribution in [-0.2, 0) is 27.2 Å². The molecule has 1 saturated heterocycles. The molecule has 2 heterocycles. The Balaban J connectivity index is 1.60. The first-order valence-corrected chi connectivity index (χ1v) is 10.8. The Morgan fingerprint density at radius 1 is 1.15 bits per heavy atom. The highest BCUT2D eigenvalue weighted by Gasteiger charge is 2.30. The van der Waals surface area contributed by atoms with Crippen molar-refractivity contribution < 1.29 is 14.4 Å². The van der Waals surface area contributed by atoms with Gasteiger partial charge in [0.25, 0.3) is 5.56 Å². The lowest BCUT2D eigenvalue weighted by Crippen LogP contribution is -2.45. The Labute approximate surface area is 190 Å². The molecular formula is C24H25N5O4. The first kappa shape index (κ1) is 22.3. The molecule has 1 atom stereocenters. The van der Waals surface area contributed by atoms with E-state index in [-0.39, 0.29) is 36.5 Å². The number of piperidine rings is 1. The van der Waals surface area contributed by atoms with Crippen LogP contribution in [0.1, 0.15) is 35.8 Å². The molecule has 4 rings (SSSR count). The van der Waals surface area contributed by atoms with E-state index in [0.29, 0.717) is 23.6 Å². The number of amides is 3. The standard InChI is InChI=1S/C24H25N5O4/c1-14-26-22-17(24(33)29(14)19-9-10-20(30)28-23(19)32)3-2-4-18(22)27-21(31)13-16-7-5-15(6-8-16)11-12-25/h2-8,19H,9-13,25H2,1H3,(H,27,31)(H,28,30,32). The smallest absolute Gasteiger partial charge is 0.262 e. The van der Waals surface area contributed by atoms with E-state index in [1.165, 1.54) is 4.57 Å². The molecule has 170 valence electrons. The van der Waals surface area contributed by atoms with Crippen LogP contribution in [0.4, 0.5) is 5.69 Å². The third kappa shape index (κ3) is 4.68. The number of para-hydroxylation sites is 1. The first-order valence-electron chi connectivity index (χ1n) is 10.8. The average molecular weight is 447 g/mol. The Hall–Kier alpha value is -3.85. The Kier molecular flexibility index (Phi) is 6.32. The molecule has 1 fully saturated rings. The van der Waals surface area contributed by atoms with Crippen molar-refractivity contribution in [3.05, 3.63) is 69.8 Å². The van der Waals surface area contributed by atoms with Gasteiger partial charge in [-0.25, -0.2) is 4.98 Å². The number of hydrogen-bond acceptors (Lipinski definition) is 6. The van der Waals surface area contributed by atoms with E-state index in [1.54, 1.807) is 25.1 Å². The van der Waals surface area contributed by atoms with Crippen molar-refractivity contribution in [1.29, 1.82) is 0 Å². The summed E-state index contributed by atoms with van der Waals surface area (Å²) in [7, 11) is 0. The lowest BCUT2D eigenvalue weighted by molar-refractivity contribution is -0.135. The minimum atomic E-state index is -0.799. The monoisotopic (exact) mass is 447 g/mol. The van der Waals surface area contributed by atoms with Crippen molar-refractivity contribution in [1.82, 2.24) is 14.9 Å². The minimum absolute atomic E-state index is 0.156. The molecule has 4 N–H and O–H groups in total. The number of aryl methyl sites for hydroxylation is 1. The van der Waals surface area contributed by atoms with Gasteiger partial charge in [0.15, 0.2) is 0 Å². The molecule has 9 nitrogen and oxygen atoms in total. The van der Waals surface area contributed by atoms with Crippen LogP contribution in [0.5, 0.6) is 0 Å². The van der Waals surface area contributed by atoms with Crippen LogP contribution in [0.3, 0.4) is 0 Å². The number of nitrogens with one attached hydrogen (secondary N) is 2. The van der Waals surface area contributed by atoms with Crippen molar-refractivity contribution in [2.75, 3.05) is 11.9 Å². The van der Waals surface area contributed by atoms with Crippen LogP contribution in [0, 0.1) is 6.92 Å². The molecular weight excluding hydrogens is 422 g/mol. The van der Waals surface area contributed by atoms with Gasteiger partial charge in [0.1, 0.15) is 17.4 Å². The van der Waals surface area contributed by atoms with Crippen LogP contribution in [0.2, 0.25) is 0 Å². The van der Waals surface area contributed by atoms with E-state index >= 15 is 0 Å². The van der Waals surface area contributed by atoms with E-state index in [9.17, 15) is 19.2 Å². The number of imide groups is 1. The summed E-state index contributed by atoms with van der Waals surface area (Å²) < 4.78 is 1.32. The largest absolute Gasteiger partial charge is 0.330 e. The highest BCUT2D eigenvalue weighted by molar-refractivity contribution is 6.01. The highest BCUT2D eigenvalue weighted by atomic mass is 16.2. The minimum Gasteiger partial charge on any atom is -0.330 e. The predicted octanol–water partition coefficient (Wildman–Crippen LogP) is 1.37. The summed E-state index contributed by atoms with van der Waals surface area (Å²) in [6.45, 7) is 2.20.